The van der Waals surface area contributed by atoms with Crippen LogP contribution in [0, 0.1) is 35.5 Å². The fourth-order valence-electron chi connectivity index (χ4n) is 7.00. The molecule has 2 bridgehead atoms. The lowest BCUT2D eigenvalue weighted by molar-refractivity contribution is -0.347. The lowest BCUT2D eigenvalue weighted by atomic mass is 9.77. The lowest BCUT2D eigenvalue weighted by Gasteiger charge is -2.49. The molecule has 0 radical (unpaired) electrons. The van der Waals surface area contributed by atoms with E-state index in [9.17, 15) is 35.4 Å². The molecule has 3 aliphatic heterocycles. The summed E-state index contributed by atoms with van der Waals surface area (Å²) in [7, 11) is 0. The SMILES string of the molecule is C/C(=C/C(C)C(O)C(C)CO)C1OC1(C)C1OC(=O)C(C)C2(O)OC(/C=C/CC(O)/C=C\CCC1C)C(CC(C)C)C(O)C2O. The highest BCUT2D eigenvalue weighted by atomic mass is 16.7. The number of aliphatic hydroxyl groups excluding tert-OH is 5. The third-order valence-electron chi connectivity index (χ3n) is 10.0. The Morgan fingerprint density at radius 2 is 1.76 bits per heavy atom. The molecule has 0 aromatic rings. The Bertz CT molecular complexity index is 1070. The molecule has 14 unspecified atom stereocenters. The van der Waals surface area contributed by atoms with Crippen molar-refractivity contribution in [2.45, 2.75) is 135 Å². The minimum absolute atomic E-state index is 0.132. The van der Waals surface area contributed by atoms with Gasteiger partial charge >= 0.3 is 5.97 Å². The van der Waals surface area contributed by atoms with Gasteiger partial charge in [0.1, 0.15) is 29.8 Å². The number of epoxide rings is 1. The van der Waals surface area contributed by atoms with E-state index in [0.29, 0.717) is 25.7 Å². The van der Waals surface area contributed by atoms with Gasteiger partial charge in [0.15, 0.2) is 0 Å². The zero-order chi connectivity index (χ0) is 33.9. The van der Waals surface area contributed by atoms with Gasteiger partial charge in [-0.25, -0.2) is 0 Å². The van der Waals surface area contributed by atoms with E-state index in [1.807, 2.05) is 53.7 Å². The van der Waals surface area contributed by atoms with Gasteiger partial charge in [0.25, 0.3) is 0 Å². The summed E-state index contributed by atoms with van der Waals surface area (Å²) >= 11 is 0. The first-order valence-electron chi connectivity index (χ1n) is 16.6. The molecule has 0 aliphatic carbocycles. The van der Waals surface area contributed by atoms with Gasteiger partial charge in [-0.05, 0) is 63.9 Å². The zero-order valence-electron chi connectivity index (χ0n) is 28.2. The average molecular weight is 639 g/mol. The van der Waals surface area contributed by atoms with Crippen molar-refractivity contribution in [3.63, 3.8) is 0 Å². The van der Waals surface area contributed by atoms with Crippen molar-refractivity contribution in [1.82, 2.24) is 0 Å². The van der Waals surface area contributed by atoms with Gasteiger partial charge in [-0.15, -0.1) is 0 Å². The minimum Gasteiger partial charge on any atom is -0.459 e. The number of hydrogen-bond donors (Lipinski definition) is 6. The summed E-state index contributed by atoms with van der Waals surface area (Å²) in [6, 6.07) is 0. The van der Waals surface area contributed by atoms with Gasteiger partial charge in [0.2, 0.25) is 5.79 Å². The van der Waals surface area contributed by atoms with Crippen molar-refractivity contribution in [3.8, 4) is 0 Å². The maximum atomic E-state index is 13.8. The van der Waals surface area contributed by atoms with Gasteiger partial charge in [0, 0.05) is 24.4 Å². The lowest BCUT2D eigenvalue weighted by Crippen LogP contribution is -2.66. The first-order valence-corrected chi connectivity index (χ1v) is 16.6. The molecular weight excluding hydrogens is 580 g/mol. The molecule has 0 saturated carbocycles. The van der Waals surface area contributed by atoms with Crippen LogP contribution in [0.5, 0.6) is 0 Å². The topological polar surface area (TPSA) is 169 Å². The third-order valence-corrected chi connectivity index (χ3v) is 10.0. The fourth-order valence-corrected chi connectivity index (χ4v) is 7.00. The Labute approximate surface area is 268 Å². The van der Waals surface area contributed by atoms with E-state index in [2.05, 4.69) is 0 Å². The second kappa shape index (κ2) is 15.5. The van der Waals surface area contributed by atoms with Crippen LogP contribution >= 0.6 is 0 Å². The van der Waals surface area contributed by atoms with E-state index in [0.717, 1.165) is 5.57 Å². The molecule has 3 rings (SSSR count). The Kier molecular flexibility index (Phi) is 13.0. The van der Waals surface area contributed by atoms with Crippen LogP contribution in [-0.4, -0.2) is 97.3 Å². The molecule has 2 saturated heterocycles. The molecular formula is C35H58O10. The van der Waals surface area contributed by atoms with Crippen LogP contribution in [0.15, 0.2) is 36.0 Å². The first-order chi connectivity index (χ1) is 21.0. The van der Waals surface area contributed by atoms with Crippen LogP contribution in [0.2, 0.25) is 0 Å². The van der Waals surface area contributed by atoms with E-state index < -0.39 is 71.9 Å². The Balaban J connectivity index is 1.94. The molecule has 2 fully saturated rings. The van der Waals surface area contributed by atoms with Crippen molar-refractivity contribution >= 4 is 5.97 Å². The van der Waals surface area contributed by atoms with E-state index in [4.69, 9.17) is 14.2 Å². The normalized spacial score (nSPS) is 43.7. The summed E-state index contributed by atoms with van der Waals surface area (Å²) in [5.41, 5.74) is -0.0432. The summed E-state index contributed by atoms with van der Waals surface area (Å²) in [5.74, 6) is -5.71. The molecule has 0 aromatic heterocycles. The number of carbonyl (C=O) groups is 1. The number of cyclic esters (lactones) is 1. The van der Waals surface area contributed by atoms with Crippen molar-refractivity contribution in [1.29, 1.82) is 0 Å². The molecule has 10 heteroatoms. The summed E-state index contributed by atoms with van der Waals surface area (Å²) in [6.07, 6.45) is 4.39. The van der Waals surface area contributed by atoms with Crippen molar-refractivity contribution < 1.29 is 49.6 Å². The smallest absolute Gasteiger partial charge is 0.314 e. The molecule has 0 aromatic carbocycles. The number of ether oxygens (including phenoxy) is 3. The number of fused-ring (bicyclic) bond motifs is 2. The maximum absolute atomic E-state index is 13.8. The van der Waals surface area contributed by atoms with Crippen LogP contribution in [0.4, 0.5) is 0 Å². The second-order valence-electron chi connectivity index (χ2n) is 14.5. The number of aliphatic hydroxyl groups is 6. The van der Waals surface area contributed by atoms with Crippen LogP contribution in [0.1, 0.15) is 81.1 Å². The Morgan fingerprint density at radius 3 is 2.38 bits per heavy atom. The quantitative estimate of drug-likeness (QED) is 0.132. The molecule has 10 nitrogen and oxygen atoms in total. The predicted octanol–water partition coefficient (Wildman–Crippen LogP) is 3.03. The molecule has 14 atom stereocenters. The summed E-state index contributed by atoms with van der Waals surface area (Å²) in [5, 5.41) is 64.7. The van der Waals surface area contributed by atoms with E-state index >= 15 is 0 Å². The largest absolute Gasteiger partial charge is 0.459 e. The second-order valence-corrected chi connectivity index (χ2v) is 14.5. The highest BCUT2D eigenvalue weighted by Crippen LogP contribution is 2.49. The van der Waals surface area contributed by atoms with Crippen LogP contribution < -0.4 is 0 Å². The van der Waals surface area contributed by atoms with Gasteiger partial charge in [-0.1, -0.05) is 65.0 Å². The maximum Gasteiger partial charge on any atom is 0.314 e. The highest BCUT2D eigenvalue weighted by Gasteiger charge is 2.63. The molecule has 3 aliphatic rings. The third kappa shape index (κ3) is 8.65. The molecule has 258 valence electrons. The molecule has 6 N–H and O–H groups in total. The van der Waals surface area contributed by atoms with E-state index in [1.54, 1.807) is 25.2 Å². The summed E-state index contributed by atoms with van der Waals surface area (Å²) < 4.78 is 18.4. The van der Waals surface area contributed by atoms with E-state index in [1.165, 1.54) is 6.92 Å². The highest BCUT2D eigenvalue weighted by molar-refractivity contribution is 5.74. The van der Waals surface area contributed by atoms with Gasteiger partial charge in [-0.2, -0.15) is 0 Å². The predicted molar refractivity (Wildman–Crippen MR) is 170 cm³/mol. The first kappa shape index (κ1) is 37.8. The number of rotatable bonds is 8. The number of esters is 1. The summed E-state index contributed by atoms with van der Waals surface area (Å²) in [4.78, 5) is 13.8. The molecule has 45 heavy (non-hydrogen) atoms. The monoisotopic (exact) mass is 638 g/mol. The molecule has 0 amide bonds. The standard InChI is InChI=1S/C35H58O10/c1-19(2)16-26-27-15-11-14-25(37)13-10-9-12-20(3)31(43-33(41)24(7)35(42,44-27)30(40)29(26)39)34(8)32(45-34)22(5)17-21(4)28(38)23(6)18-36/h10-11,13,15,17,19-21,23-32,36-40,42H,9,12,14,16,18H2,1-8H3/b13-10-,15-11+,22-17-. The minimum atomic E-state index is -2.43. The average Bonchev–Trinajstić information content (AvgIpc) is 3.68. The van der Waals surface area contributed by atoms with Gasteiger partial charge < -0.3 is 44.8 Å². The zero-order valence-corrected chi connectivity index (χ0v) is 28.2. The van der Waals surface area contributed by atoms with Crippen LogP contribution in [-0.2, 0) is 19.0 Å². The van der Waals surface area contributed by atoms with Crippen molar-refractivity contribution in [2.75, 3.05) is 6.61 Å². The van der Waals surface area contributed by atoms with Crippen molar-refractivity contribution in [2.24, 2.45) is 35.5 Å². The number of allylic oxidation sites excluding steroid dienone is 1. The molecule has 3 heterocycles. The van der Waals surface area contributed by atoms with E-state index in [-0.39, 0.29) is 30.3 Å². The van der Waals surface area contributed by atoms with Crippen LogP contribution in [0.25, 0.3) is 0 Å². The van der Waals surface area contributed by atoms with Crippen LogP contribution in [0.3, 0.4) is 0 Å². The Morgan fingerprint density at radius 1 is 1.09 bits per heavy atom. The molecule has 0 spiro atoms. The number of hydrogen-bond acceptors (Lipinski definition) is 10. The summed E-state index contributed by atoms with van der Waals surface area (Å²) in [6.45, 7) is 14.6. The number of carbonyl (C=O) groups excluding carboxylic acids is 1. The van der Waals surface area contributed by atoms with Gasteiger partial charge in [-0.3, -0.25) is 4.79 Å². The fraction of sp³-hybridized carbons (Fsp3) is 0.800. The van der Waals surface area contributed by atoms with Gasteiger partial charge in [0.05, 0.1) is 24.4 Å². The Hall–Kier alpha value is -1.63. The van der Waals surface area contributed by atoms with Crippen molar-refractivity contribution in [3.05, 3.63) is 36.0 Å².